The summed E-state index contributed by atoms with van der Waals surface area (Å²) >= 11 is 5.84. The molecule has 0 radical (unpaired) electrons. The predicted molar refractivity (Wildman–Crippen MR) is 64.7 cm³/mol. The molecule has 0 atom stereocenters. The molecule has 1 saturated heterocycles. The minimum absolute atomic E-state index is 0.194. The summed E-state index contributed by atoms with van der Waals surface area (Å²) in [7, 11) is 3.23. The number of hydrogen-bond acceptors (Lipinski definition) is 2. The number of nitrogens with one attached hydrogen (secondary N) is 1. The van der Waals surface area contributed by atoms with Gasteiger partial charge in [-0.05, 0) is 30.7 Å². The van der Waals surface area contributed by atoms with Gasteiger partial charge in [0, 0.05) is 5.02 Å². The molecule has 1 heterocycles. The van der Waals surface area contributed by atoms with Gasteiger partial charge in [-0.25, -0.2) is 9.59 Å². The Kier molecular flexibility index (Phi) is 2.60. The van der Waals surface area contributed by atoms with E-state index in [1.807, 2.05) is 0 Å². The van der Waals surface area contributed by atoms with Crippen molar-refractivity contribution in [2.45, 2.75) is 6.92 Å². The molecule has 5 nitrogen and oxygen atoms in total. The zero-order valence-electron chi connectivity index (χ0n) is 9.82. The number of halogens is 1. The highest BCUT2D eigenvalue weighted by Gasteiger charge is 2.47. The molecule has 0 unspecified atom stereocenters. The summed E-state index contributed by atoms with van der Waals surface area (Å²) in [5, 5.41) is 0.576. The first-order chi connectivity index (χ1) is 7.83. The van der Waals surface area contributed by atoms with Crippen LogP contribution in [0.25, 0.3) is 0 Å². The minimum atomic E-state index is -0.426. The van der Waals surface area contributed by atoms with E-state index in [1.165, 1.54) is 0 Å². The smallest absolute Gasteiger partial charge is 0.242 e. The number of carbonyl (C=O) groups excluding carboxylic acids is 2. The van der Waals surface area contributed by atoms with Crippen LogP contribution in [0.1, 0.15) is 5.56 Å². The summed E-state index contributed by atoms with van der Waals surface area (Å²) in [4.78, 5) is 25.0. The highest BCUT2D eigenvalue weighted by atomic mass is 35.5. The molecule has 0 spiro atoms. The monoisotopic (exact) mass is 254 g/mol. The van der Waals surface area contributed by atoms with Crippen molar-refractivity contribution in [1.29, 1.82) is 0 Å². The minimum Gasteiger partial charge on any atom is -0.242 e. The van der Waals surface area contributed by atoms with E-state index in [2.05, 4.69) is 5.43 Å². The number of urea groups is 2. The van der Waals surface area contributed by atoms with Gasteiger partial charge in [0.1, 0.15) is 14.1 Å². The number of nitrogens with zero attached hydrogens (tertiary/aromatic N) is 2. The average Bonchev–Trinajstić information content (AvgIpc) is 2.39. The van der Waals surface area contributed by atoms with Crippen LogP contribution < -0.4 is 10.3 Å². The maximum absolute atomic E-state index is 12.1. The Morgan fingerprint density at radius 2 is 1.94 bits per heavy atom. The Balaban J connectivity index is 2.48. The van der Waals surface area contributed by atoms with E-state index >= 15 is 0 Å². The van der Waals surface area contributed by atoms with Gasteiger partial charge >= 0.3 is 12.1 Å². The van der Waals surface area contributed by atoms with Gasteiger partial charge in [-0.3, -0.25) is 0 Å². The fourth-order valence-corrected chi connectivity index (χ4v) is 1.98. The molecular weight excluding hydrogens is 242 g/mol. The average molecular weight is 255 g/mol. The van der Waals surface area contributed by atoms with Crippen molar-refractivity contribution in [2.75, 3.05) is 19.0 Å². The van der Waals surface area contributed by atoms with Crippen LogP contribution in [0.5, 0.6) is 0 Å². The van der Waals surface area contributed by atoms with E-state index in [1.54, 1.807) is 39.2 Å². The van der Waals surface area contributed by atoms with Crippen molar-refractivity contribution < 1.29 is 14.2 Å². The first-order valence-corrected chi connectivity index (χ1v) is 5.48. The number of amides is 4. The molecule has 1 fully saturated rings. The first-order valence-electron chi connectivity index (χ1n) is 5.10. The number of imide groups is 1. The number of benzene rings is 1. The van der Waals surface area contributed by atoms with Gasteiger partial charge in [0.05, 0.1) is 5.69 Å². The molecule has 1 aliphatic heterocycles. The fraction of sp³-hybridized carbons (Fsp3) is 0.273. The molecule has 17 heavy (non-hydrogen) atoms. The number of hydrogen-bond donors (Lipinski definition) is 1. The van der Waals surface area contributed by atoms with E-state index in [0.717, 1.165) is 10.5 Å². The molecular formula is C11H13ClN3O2+. The number of rotatable bonds is 1. The van der Waals surface area contributed by atoms with Crippen LogP contribution in [0, 0.1) is 6.92 Å². The third-order valence-corrected chi connectivity index (χ3v) is 2.88. The molecule has 1 aromatic carbocycles. The van der Waals surface area contributed by atoms with Gasteiger partial charge in [0.25, 0.3) is 0 Å². The van der Waals surface area contributed by atoms with Crippen LogP contribution in [0.3, 0.4) is 0 Å². The van der Waals surface area contributed by atoms with Gasteiger partial charge in [0.2, 0.25) is 0 Å². The summed E-state index contributed by atoms with van der Waals surface area (Å²) in [5.74, 6) is 0. The Morgan fingerprint density at radius 1 is 1.29 bits per heavy atom. The number of anilines is 1. The fourth-order valence-electron chi connectivity index (χ4n) is 1.76. The lowest BCUT2D eigenvalue weighted by Gasteiger charge is -2.17. The SMILES string of the molecule is Cc1cc(Cl)ccc1N1C(=O)N[N+](C)(C)C1=O. The van der Waals surface area contributed by atoms with Crippen LogP contribution in [-0.2, 0) is 0 Å². The zero-order valence-corrected chi connectivity index (χ0v) is 10.6. The molecule has 0 aliphatic carbocycles. The van der Waals surface area contributed by atoms with Crippen LogP contribution in [0.2, 0.25) is 5.02 Å². The van der Waals surface area contributed by atoms with Crippen LogP contribution in [0.4, 0.5) is 15.3 Å². The third kappa shape index (κ3) is 1.87. The van der Waals surface area contributed by atoms with Crippen LogP contribution in [-0.4, -0.2) is 30.7 Å². The van der Waals surface area contributed by atoms with E-state index in [4.69, 9.17) is 11.6 Å². The molecule has 1 aromatic rings. The zero-order chi connectivity index (χ0) is 12.8. The van der Waals surface area contributed by atoms with Gasteiger partial charge in [-0.1, -0.05) is 11.6 Å². The summed E-state index contributed by atoms with van der Waals surface area (Å²) in [6.07, 6.45) is 0. The number of carbonyl (C=O) groups is 2. The molecule has 4 amide bonds. The van der Waals surface area contributed by atoms with Gasteiger partial charge < -0.3 is 0 Å². The number of quaternary nitrogens is 1. The largest absolute Gasteiger partial charge is 0.456 e. The summed E-state index contributed by atoms with van der Waals surface area (Å²) in [6, 6.07) is 4.30. The normalized spacial score (nSPS) is 18.5. The second-order valence-corrected chi connectivity index (χ2v) is 4.86. The van der Waals surface area contributed by atoms with Crippen molar-refractivity contribution in [3.05, 3.63) is 28.8 Å². The standard InChI is InChI=1S/C11H12ClN3O2/c1-7-6-8(12)4-5-9(7)14-10(16)13-15(2,3)11(14)17/h4-6H,1-3H3/p+1. The van der Waals surface area contributed by atoms with Gasteiger partial charge in [-0.15, -0.1) is 4.59 Å². The van der Waals surface area contributed by atoms with E-state index in [0.29, 0.717) is 10.7 Å². The maximum Gasteiger partial charge on any atom is 0.456 e. The highest BCUT2D eigenvalue weighted by Crippen LogP contribution is 2.27. The Bertz CT molecular complexity index is 513. The summed E-state index contributed by atoms with van der Waals surface area (Å²) in [6.45, 7) is 1.81. The molecule has 2 rings (SSSR count). The van der Waals surface area contributed by atoms with E-state index < -0.39 is 6.03 Å². The molecule has 1 aliphatic rings. The maximum atomic E-state index is 12.1. The Labute approximate surface area is 104 Å². The first kappa shape index (κ1) is 11.9. The molecule has 0 saturated carbocycles. The lowest BCUT2D eigenvalue weighted by atomic mass is 10.2. The van der Waals surface area contributed by atoms with E-state index in [9.17, 15) is 9.59 Å². The van der Waals surface area contributed by atoms with Crippen molar-refractivity contribution in [1.82, 2.24) is 5.43 Å². The topological polar surface area (TPSA) is 49.4 Å². The number of aryl methyl sites for hydroxylation is 1. The molecule has 90 valence electrons. The molecule has 0 bridgehead atoms. The van der Waals surface area contributed by atoms with Gasteiger partial charge in [0.15, 0.2) is 0 Å². The second kappa shape index (κ2) is 3.72. The summed E-state index contributed by atoms with van der Waals surface area (Å²) in [5.41, 5.74) is 3.91. The lowest BCUT2D eigenvalue weighted by Crippen LogP contribution is -2.50. The highest BCUT2D eigenvalue weighted by molar-refractivity contribution is 6.30. The van der Waals surface area contributed by atoms with Crippen molar-refractivity contribution in [2.24, 2.45) is 0 Å². The Morgan fingerprint density at radius 3 is 2.41 bits per heavy atom. The molecule has 6 heteroatoms. The lowest BCUT2D eigenvalue weighted by molar-refractivity contribution is -0.838. The second-order valence-electron chi connectivity index (χ2n) is 4.42. The van der Waals surface area contributed by atoms with Crippen LogP contribution in [0.15, 0.2) is 18.2 Å². The van der Waals surface area contributed by atoms with Crippen molar-refractivity contribution >= 4 is 29.4 Å². The van der Waals surface area contributed by atoms with Gasteiger partial charge in [-0.2, -0.15) is 10.3 Å². The van der Waals surface area contributed by atoms with Crippen LogP contribution >= 0.6 is 11.6 Å². The molecule has 0 aromatic heterocycles. The third-order valence-electron chi connectivity index (χ3n) is 2.65. The predicted octanol–water partition coefficient (Wildman–Crippen LogP) is 2.29. The summed E-state index contributed by atoms with van der Waals surface area (Å²) < 4.78 is -0.194. The van der Waals surface area contributed by atoms with Crippen molar-refractivity contribution in [3.8, 4) is 0 Å². The quantitative estimate of drug-likeness (QED) is 0.782. The Hall–Kier alpha value is -1.59. The van der Waals surface area contributed by atoms with Crippen molar-refractivity contribution in [3.63, 3.8) is 0 Å². The van der Waals surface area contributed by atoms with E-state index in [-0.39, 0.29) is 10.6 Å². The molecule has 1 N–H and O–H groups in total.